The van der Waals surface area contributed by atoms with Crippen LogP contribution in [0.1, 0.15) is 24.8 Å². The standard InChI is InChI=1S/C25H31N3O3/c29-25(21-31-23-9-2-1-3-10-23)12-5-14-27(20-25)19-22-8-4-11-24(18-22)30-17-7-16-28-15-6-13-26-28/h1-4,6,8-11,13,15,18,29H,5,7,12,14,16-17,19-21H2/t25-/m0/s1. The number of piperidine rings is 1. The number of hydrogen-bond donors (Lipinski definition) is 1. The fraction of sp³-hybridized carbons (Fsp3) is 0.400. The Labute approximate surface area is 184 Å². The van der Waals surface area contributed by atoms with Gasteiger partial charge in [0, 0.05) is 38.4 Å². The molecule has 2 heterocycles. The molecule has 2 aromatic carbocycles. The highest BCUT2D eigenvalue weighted by Crippen LogP contribution is 2.25. The lowest BCUT2D eigenvalue weighted by Gasteiger charge is -2.39. The lowest BCUT2D eigenvalue weighted by atomic mass is 9.93. The molecule has 164 valence electrons. The molecule has 1 fully saturated rings. The molecule has 0 bridgehead atoms. The van der Waals surface area contributed by atoms with Gasteiger partial charge in [0.15, 0.2) is 0 Å². The fourth-order valence-electron chi connectivity index (χ4n) is 4.03. The van der Waals surface area contributed by atoms with Crippen molar-refractivity contribution in [3.8, 4) is 11.5 Å². The Morgan fingerprint density at radius 2 is 1.87 bits per heavy atom. The quantitative estimate of drug-likeness (QED) is 0.505. The number of rotatable bonds is 10. The predicted octanol–water partition coefficient (Wildman–Crippen LogP) is 3.76. The van der Waals surface area contributed by atoms with Gasteiger partial charge in [-0.1, -0.05) is 30.3 Å². The Hall–Kier alpha value is -2.83. The van der Waals surface area contributed by atoms with E-state index in [-0.39, 0.29) is 0 Å². The molecule has 1 aliphatic rings. The summed E-state index contributed by atoms with van der Waals surface area (Å²) in [6, 6.07) is 19.9. The first-order valence-electron chi connectivity index (χ1n) is 11.0. The zero-order valence-electron chi connectivity index (χ0n) is 17.9. The molecule has 31 heavy (non-hydrogen) atoms. The van der Waals surface area contributed by atoms with Gasteiger partial charge in [-0.15, -0.1) is 0 Å². The van der Waals surface area contributed by atoms with Crippen LogP contribution < -0.4 is 9.47 Å². The van der Waals surface area contributed by atoms with Crippen LogP contribution in [-0.2, 0) is 13.1 Å². The van der Waals surface area contributed by atoms with Crippen molar-refractivity contribution in [1.82, 2.24) is 14.7 Å². The van der Waals surface area contributed by atoms with E-state index in [1.807, 2.05) is 59.4 Å². The van der Waals surface area contributed by atoms with E-state index < -0.39 is 5.60 Å². The second kappa shape index (κ2) is 10.5. The van der Waals surface area contributed by atoms with Crippen LogP contribution in [0.2, 0.25) is 0 Å². The molecule has 3 aromatic rings. The van der Waals surface area contributed by atoms with Crippen molar-refractivity contribution in [1.29, 1.82) is 0 Å². The maximum Gasteiger partial charge on any atom is 0.119 e. The molecular weight excluding hydrogens is 390 g/mol. The van der Waals surface area contributed by atoms with Gasteiger partial charge in [0.05, 0.1) is 6.61 Å². The number of benzene rings is 2. The molecule has 1 aromatic heterocycles. The summed E-state index contributed by atoms with van der Waals surface area (Å²) in [6.45, 7) is 4.19. The second-order valence-corrected chi connectivity index (χ2v) is 8.26. The topological polar surface area (TPSA) is 59.8 Å². The molecule has 0 unspecified atom stereocenters. The van der Waals surface area contributed by atoms with Gasteiger partial charge >= 0.3 is 0 Å². The van der Waals surface area contributed by atoms with E-state index in [4.69, 9.17) is 9.47 Å². The summed E-state index contributed by atoms with van der Waals surface area (Å²) in [5.41, 5.74) is 0.368. The molecule has 6 nitrogen and oxygen atoms in total. The molecule has 6 heteroatoms. The highest BCUT2D eigenvalue weighted by Gasteiger charge is 2.34. The van der Waals surface area contributed by atoms with Crippen LogP contribution >= 0.6 is 0 Å². The van der Waals surface area contributed by atoms with Crippen LogP contribution in [0.5, 0.6) is 11.5 Å². The summed E-state index contributed by atoms with van der Waals surface area (Å²) in [5.74, 6) is 1.68. The number of ether oxygens (including phenoxy) is 2. The summed E-state index contributed by atoms with van der Waals surface area (Å²) < 4.78 is 13.7. The molecule has 0 spiro atoms. The number of likely N-dealkylation sites (tertiary alicyclic amines) is 1. The Balaban J connectivity index is 1.25. The zero-order chi connectivity index (χ0) is 21.4. The molecule has 1 aliphatic heterocycles. The first kappa shape index (κ1) is 21.4. The number of aromatic nitrogens is 2. The Kier molecular flexibility index (Phi) is 7.22. The smallest absolute Gasteiger partial charge is 0.119 e. The van der Waals surface area contributed by atoms with E-state index in [0.717, 1.165) is 50.4 Å². The van der Waals surface area contributed by atoms with Gasteiger partial charge in [0.2, 0.25) is 0 Å². The maximum absolute atomic E-state index is 11.1. The SMILES string of the molecule is O[C@@]1(COc2ccccc2)CCCN(Cc2cccc(OCCCn3cccn3)c2)C1. The third-order valence-corrected chi connectivity index (χ3v) is 5.55. The summed E-state index contributed by atoms with van der Waals surface area (Å²) in [5, 5.41) is 15.3. The minimum atomic E-state index is -0.825. The van der Waals surface area contributed by atoms with E-state index in [1.165, 1.54) is 5.56 Å². The lowest BCUT2D eigenvalue weighted by Crippen LogP contribution is -2.51. The van der Waals surface area contributed by atoms with Crippen molar-refractivity contribution in [2.24, 2.45) is 0 Å². The molecule has 1 atom stereocenters. The monoisotopic (exact) mass is 421 g/mol. The molecule has 0 amide bonds. The minimum absolute atomic E-state index is 0.312. The van der Waals surface area contributed by atoms with Crippen LogP contribution in [0, 0.1) is 0 Å². The van der Waals surface area contributed by atoms with Crippen molar-refractivity contribution in [3.63, 3.8) is 0 Å². The maximum atomic E-state index is 11.1. The fourth-order valence-corrected chi connectivity index (χ4v) is 4.03. The van der Waals surface area contributed by atoms with E-state index in [0.29, 0.717) is 19.8 Å². The van der Waals surface area contributed by atoms with Gasteiger partial charge in [-0.25, -0.2) is 0 Å². The van der Waals surface area contributed by atoms with E-state index in [1.54, 1.807) is 6.20 Å². The van der Waals surface area contributed by atoms with Crippen molar-refractivity contribution in [2.75, 3.05) is 26.3 Å². The first-order valence-corrected chi connectivity index (χ1v) is 11.0. The zero-order valence-corrected chi connectivity index (χ0v) is 17.9. The average molecular weight is 422 g/mol. The minimum Gasteiger partial charge on any atom is -0.494 e. The highest BCUT2D eigenvalue weighted by molar-refractivity contribution is 5.28. The third kappa shape index (κ3) is 6.57. The summed E-state index contributed by atoms with van der Waals surface area (Å²) >= 11 is 0. The van der Waals surface area contributed by atoms with Gasteiger partial charge in [-0.3, -0.25) is 9.58 Å². The van der Waals surface area contributed by atoms with E-state index >= 15 is 0 Å². The lowest BCUT2D eigenvalue weighted by molar-refractivity contribution is -0.0621. The van der Waals surface area contributed by atoms with Gasteiger partial charge in [-0.05, 0) is 55.3 Å². The van der Waals surface area contributed by atoms with Gasteiger partial charge in [0.1, 0.15) is 23.7 Å². The number of para-hydroxylation sites is 1. The molecule has 0 radical (unpaired) electrons. The highest BCUT2D eigenvalue weighted by atomic mass is 16.5. The number of nitrogens with zero attached hydrogens (tertiary/aromatic N) is 3. The van der Waals surface area contributed by atoms with Gasteiger partial charge < -0.3 is 14.6 Å². The van der Waals surface area contributed by atoms with Crippen molar-refractivity contribution in [3.05, 3.63) is 78.6 Å². The average Bonchev–Trinajstić information content (AvgIpc) is 3.30. The number of aryl methyl sites for hydroxylation is 1. The number of hydrogen-bond acceptors (Lipinski definition) is 5. The van der Waals surface area contributed by atoms with Gasteiger partial charge in [-0.2, -0.15) is 5.10 Å². The Morgan fingerprint density at radius 3 is 2.71 bits per heavy atom. The molecular formula is C25H31N3O3. The van der Waals surface area contributed by atoms with Crippen molar-refractivity contribution < 1.29 is 14.6 Å². The molecule has 4 rings (SSSR count). The largest absolute Gasteiger partial charge is 0.494 e. The van der Waals surface area contributed by atoms with Crippen molar-refractivity contribution in [2.45, 2.75) is 38.0 Å². The Morgan fingerprint density at radius 1 is 1.00 bits per heavy atom. The molecule has 0 saturated carbocycles. The normalized spacial score (nSPS) is 19.3. The van der Waals surface area contributed by atoms with Crippen LogP contribution in [0.4, 0.5) is 0 Å². The summed E-state index contributed by atoms with van der Waals surface area (Å²) in [4.78, 5) is 2.30. The molecule has 1 saturated heterocycles. The van der Waals surface area contributed by atoms with Crippen molar-refractivity contribution >= 4 is 0 Å². The van der Waals surface area contributed by atoms with E-state index in [2.05, 4.69) is 22.1 Å². The summed E-state index contributed by atoms with van der Waals surface area (Å²) in [7, 11) is 0. The Bertz CT molecular complexity index is 917. The molecule has 1 N–H and O–H groups in total. The van der Waals surface area contributed by atoms with Gasteiger partial charge in [0.25, 0.3) is 0 Å². The van der Waals surface area contributed by atoms with Crippen LogP contribution in [0.15, 0.2) is 73.1 Å². The predicted molar refractivity (Wildman–Crippen MR) is 120 cm³/mol. The summed E-state index contributed by atoms with van der Waals surface area (Å²) in [6.07, 6.45) is 6.38. The van der Waals surface area contributed by atoms with Crippen LogP contribution in [0.3, 0.4) is 0 Å². The third-order valence-electron chi connectivity index (χ3n) is 5.55. The van der Waals surface area contributed by atoms with Crippen LogP contribution in [0.25, 0.3) is 0 Å². The first-order chi connectivity index (χ1) is 15.2. The number of aliphatic hydroxyl groups is 1. The van der Waals surface area contributed by atoms with E-state index in [9.17, 15) is 5.11 Å². The van der Waals surface area contributed by atoms with Crippen LogP contribution in [-0.4, -0.2) is 51.7 Å². The number of β-amino-alcohol motifs (C(OH)–C–C–N with tert-alkyl or cyclic N) is 1. The second-order valence-electron chi connectivity index (χ2n) is 8.26. The molecule has 0 aliphatic carbocycles.